The minimum absolute atomic E-state index is 0.122. The number of nitrogens with zero attached hydrogens (tertiary/aromatic N) is 3. The van der Waals surface area contributed by atoms with Crippen LogP contribution in [-0.4, -0.2) is 40.0 Å². The molecule has 0 aliphatic carbocycles. The van der Waals surface area contributed by atoms with Crippen LogP contribution in [0.1, 0.15) is 33.6 Å². The number of benzene rings is 1. The quantitative estimate of drug-likeness (QED) is 0.340. The van der Waals surface area contributed by atoms with Crippen LogP contribution >= 0.6 is 0 Å². The highest BCUT2D eigenvalue weighted by Crippen LogP contribution is 2.22. The van der Waals surface area contributed by atoms with Gasteiger partial charge in [0, 0.05) is 13.0 Å². The molecule has 0 bridgehead atoms. The zero-order chi connectivity index (χ0) is 13.8. The number of hydrogen-bond donors (Lipinski definition) is 0. The van der Waals surface area contributed by atoms with Crippen LogP contribution in [-0.2, 0) is 4.79 Å². The smallest absolute Gasteiger partial charge is 0.323 e. The van der Waals surface area contributed by atoms with Crippen molar-refractivity contribution in [2.75, 3.05) is 6.54 Å². The Kier molecular flexibility index (Phi) is 3.63. The predicted octanol–water partition coefficient (Wildman–Crippen LogP) is 0.933. The molecule has 6 heteroatoms. The first-order valence-corrected chi connectivity index (χ1v) is 5.80. The zero-order valence-corrected chi connectivity index (χ0v) is 10.1. The van der Waals surface area contributed by atoms with Gasteiger partial charge in [-0.05, 0) is 18.6 Å². The molecule has 2 rings (SSSR count). The van der Waals surface area contributed by atoms with Gasteiger partial charge in [0.05, 0.1) is 11.1 Å². The van der Waals surface area contributed by atoms with E-state index in [0.29, 0.717) is 17.5 Å². The summed E-state index contributed by atoms with van der Waals surface area (Å²) in [5.74, 6) is -1.01. The van der Waals surface area contributed by atoms with Gasteiger partial charge in [-0.2, -0.15) is 4.79 Å². The number of hydrogen-bond acceptors (Lipinski definition) is 3. The van der Waals surface area contributed by atoms with Crippen LogP contribution in [0, 0.1) is 0 Å². The number of rotatable bonds is 5. The maximum atomic E-state index is 12.0. The Morgan fingerprint density at radius 1 is 1.21 bits per heavy atom. The molecule has 1 heterocycles. The van der Waals surface area contributed by atoms with E-state index in [2.05, 4.69) is 4.79 Å². The van der Waals surface area contributed by atoms with E-state index < -0.39 is 0 Å². The third-order valence-corrected chi connectivity index (χ3v) is 2.88. The summed E-state index contributed by atoms with van der Waals surface area (Å²) in [5, 5.41) is 0. The molecule has 0 fully saturated rings. The minimum atomic E-state index is -0.348. The van der Waals surface area contributed by atoms with Crippen molar-refractivity contribution in [1.29, 1.82) is 0 Å². The number of carbonyl (C=O) groups excluding carboxylic acids is 3. The van der Waals surface area contributed by atoms with E-state index in [1.54, 1.807) is 24.3 Å². The Morgan fingerprint density at radius 3 is 2.32 bits per heavy atom. The average Bonchev–Trinajstić information content (AvgIpc) is 2.65. The summed E-state index contributed by atoms with van der Waals surface area (Å²) in [6.45, 7) is 0.178. The van der Waals surface area contributed by atoms with Gasteiger partial charge in [-0.1, -0.05) is 12.1 Å². The van der Waals surface area contributed by atoms with Crippen LogP contribution < -0.4 is 0 Å². The van der Waals surface area contributed by atoms with Crippen molar-refractivity contribution in [1.82, 2.24) is 4.90 Å². The fourth-order valence-electron chi connectivity index (χ4n) is 1.98. The summed E-state index contributed by atoms with van der Waals surface area (Å²) in [6, 6.07) is 6.63. The molecule has 0 unspecified atom stereocenters. The van der Waals surface area contributed by atoms with Gasteiger partial charge < -0.3 is 5.53 Å². The Morgan fingerprint density at radius 2 is 1.79 bits per heavy atom. The molecular weight excluding hydrogens is 246 g/mol. The maximum Gasteiger partial charge on any atom is 0.323 e. The van der Waals surface area contributed by atoms with Gasteiger partial charge in [-0.15, -0.1) is 0 Å². The first-order valence-electron chi connectivity index (χ1n) is 5.80. The van der Waals surface area contributed by atoms with Crippen molar-refractivity contribution < 1.29 is 19.2 Å². The van der Waals surface area contributed by atoms with Gasteiger partial charge in [0.2, 0.25) is 5.78 Å². The van der Waals surface area contributed by atoms with Crippen LogP contribution in [0.5, 0.6) is 0 Å². The molecule has 0 saturated carbocycles. The number of fused-ring (bicyclic) bond motifs is 1. The monoisotopic (exact) mass is 257 g/mol. The summed E-state index contributed by atoms with van der Waals surface area (Å²) in [7, 11) is 0. The molecule has 96 valence electrons. The van der Waals surface area contributed by atoms with Gasteiger partial charge in [0.1, 0.15) is 0 Å². The highest BCUT2D eigenvalue weighted by Gasteiger charge is 2.34. The molecule has 1 aliphatic rings. The maximum absolute atomic E-state index is 12.0. The fourth-order valence-corrected chi connectivity index (χ4v) is 1.98. The van der Waals surface area contributed by atoms with Crippen molar-refractivity contribution in [2.24, 2.45) is 0 Å². The number of ketones is 1. The molecule has 0 atom stereocenters. The molecular formula is C13H11N3O3. The van der Waals surface area contributed by atoms with Crippen molar-refractivity contribution in [2.45, 2.75) is 12.8 Å². The van der Waals surface area contributed by atoms with Gasteiger partial charge >= 0.3 is 6.21 Å². The van der Waals surface area contributed by atoms with Crippen LogP contribution in [0.25, 0.3) is 5.53 Å². The van der Waals surface area contributed by atoms with Gasteiger partial charge in [-0.3, -0.25) is 19.3 Å². The van der Waals surface area contributed by atoms with Crippen LogP contribution in [0.4, 0.5) is 0 Å². The molecule has 0 saturated heterocycles. The number of amides is 2. The predicted molar refractivity (Wildman–Crippen MR) is 65.7 cm³/mol. The average molecular weight is 257 g/mol. The van der Waals surface area contributed by atoms with E-state index in [9.17, 15) is 14.4 Å². The first-order chi connectivity index (χ1) is 9.15. The van der Waals surface area contributed by atoms with E-state index in [1.807, 2.05) is 0 Å². The molecule has 0 spiro atoms. The Labute approximate surface area is 109 Å². The largest absolute Gasteiger partial charge is 0.361 e. The van der Waals surface area contributed by atoms with Crippen molar-refractivity contribution in [3.8, 4) is 0 Å². The summed E-state index contributed by atoms with van der Waals surface area (Å²) < 4.78 is 0. The molecule has 1 aliphatic heterocycles. The van der Waals surface area contributed by atoms with Crippen LogP contribution in [0.2, 0.25) is 0 Å². The first kappa shape index (κ1) is 12.9. The molecule has 1 aromatic rings. The lowest BCUT2D eigenvalue weighted by atomic mass is 10.1. The Hall–Kier alpha value is -2.59. The molecule has 2 amide bonds. The molecule has 6 nitrogen and oxygen atoms in total. The summed E-state index contributed by atoms with van der Waals surface area (Å²) in [6.07, 6.45) is 1.27. The molecule has 19 heavy (non-hydrogen) atoms. The number of carbonyl (C=O) groups is 3. The summed E-state index contributed by atoms with van der Waals surface area (Å²) in [4.78, 5) is 38.8. The Balaban J connectivity index is 2.01. The fraction of sp³-hybridized carbons (Fsp3) is 0.231. The van der Waals surface area contributed by atoms with E-state index in [0.717, 1.165) is 11.1 Å². The SMILES string of the molecule is [N-]=[N+]=CC(=O)CCCN1C(=O)c2ccccc2C1=O. The highest BCUT2D eigenvalue weighted by molar-refractivity contribution is 6.25. The van der Waals surface area contributed by atoms with E-state index in [1.165, 1.54) is 0 Å². The third kappa shape index (κ3) is 2.48. The topological polar surface area (TPSA) is 90.8 Å². The lowest BCUT2D eigenvalue weighted by Crippen LogP contribution is -2.31. The second kappa shape index (κ2) is 5.37. The van der Waals surface area contributed by atoms with E-state index >= 15 is 0 Å². The molecule has 1 aromatic carbocycles. The molecule has 0 radical (unpaired) electrons. The second-order valence-electron chi connectivity index (χ2n) is 4.12. The van der Waals surface area contributed by atoms with Crippen LogP contribution in [0.15, 0.2) is 24.3 Å². The molecule has 0 N–H and O–H groups in total. The van der Waals surface area contributed by atoms with Crippen LogP contribution in [0.3, 0.4) is 0 Å². The lowest BCUT2D eigenvalue weighted by molar-refractivity contribution is -0.116. The van der Waals surface area contributed by atoms with Gasteiger partial charge in [0.15, 0.2) is 0 Å². The van der Waals surface area contributed by atoms with Gasteiger partial charge in [0.25, 0.3) is 11.8 Å². The number of imide groups is 1. The van der Waals surface area contributed by atoms with Crippen molar-refractivity contribution in [3.05, 3.63) is 40.9 Å². The van der Waals surface area contributed by atoms with Crippen molar-refractivity contribution in [3.63, 3.8) is 0 Å². The standard InChI is InChI=1S/C13H11N3O3/c14-15-8-9(17)4-3-7-16-12(18)10-5-1-2-6-11(10)13(16)19/h1-2,5-6,8H,3-4,7H2. The van der Waals surface area contributed by atoms with E-state index in [4.69, 9.17) is 5.53 Å². The Bertz CT molecular complexity index is 568. The van der Waals surface area contributed by atoms with Gasteiger partial charge in [-0.25, -0.2) is 0 Å². The lowest BCUT2D eigenvalue weighted by Gasteiger charge is -2.12. The minimum Gasteiger partial charge on any atom is -0.361 e. The molecule has 0 aromatic heterocycles. The summed E-state index contributed by atoms with van der Waals surface area (Å²) >= 11 is 0. The van der Waals surface area contributed by atoms with Crippen molar-refractivity contribution >= 4 is 23.8 Å². The second-order valence-corrected chi connectivity index (χ2v) is 4.12. The zero-order valence-electron chi connectivity index (χ0n) is 10.1. The third-order valence-electron chi connectivity index (χ3n) is 2.88. The highest BCUT2D eigenvalue weighted by atomic mass is 16.2. The summed E-state index contributed by atoms with van der Waals surface area (Å²) in [5.41, 5.74) is 8.98. The normalized spacial score (nSPS) is 13.2. The number of Topliss-reactive ketones (excluding diaryl/α,β-unsaturated/α-hetero) is 1. The van der Waals surface area contributed by atoms with E-state index in [-0.39, 0.29) is 30.6 Å².